The molecule has 0 spiro atoms. The van der Waals surface area contributed by atoms with Crippen molar-refractivity contribution in [3.8, 4) is 0 Å². The first kappa shape index (κ1) is 18.9. The lowest BCUT2D eigenvalue weighted by Crippen LogP contribution is -2.37. The summed E-state index contributed by atoms with van der Waals surface area (Å²) in [5.41, 5.74) is 0.853. The Bertz CT molecular complexity index is 801. The van der Waals surface area contributed by atoms with Gasteiger partial charge in [0.25, 0.3) is 0 Å². The summed E-state index contributed by atoms with van der Waals surface area (Å²) in [6, 6.07) is 6.11. The van der Waals surface area contributed by atoms with Gasteiger partial charge in [-0.1, -0.05) is 12.1 Å². The molecule has 1 aromatic carbocycles. The number of amides is 1. The molecule has 0 aromatic heterocycles. The SMILES string of the molecule is CNS(=O)(=O)c1ccc(CCC(=O)N(C)[C@H]2CCS(=O)(=O)C2)cc1. The molecule has 1 aliphatic heterocycles. The van der Waals surface area contributed by atoms with Crippen LogP contribution in [0.5, 0.6) is 0 Å². The van der Waals surface area contributed by atoms with Crippen molar-refractivity contribution in [1.29, 1.82) is 0 Å². The molecule has 134 valence electrons. The summed E-state index contributed by atoms with van der Waals surface area (Å²) in [5, 5.41) is 0. The van der Waals surface area contributed by atoms with Gasteiger partial charge < -0.3 is 4.90 Å². The van der Waals surface area contributed by atoms with E-state index in [1.165, 1.54) is 24.1 Å². The van der Waals surface area contributed by atoms with E-state index in [4.69, 9.17) is 0 Å². The lowest BCUT2D eigenvalue weighted by Gasteiger charge is -2.23. The summed E-state index contributed by atoms with van der Waals surface area (Å²) >= 11 is 0. The number of hydrogen-bond donors (Lipinski definition) is 1. The molecule has 7 nitrogen and oxygen atoms in total. The van der Waals surface area contributed by atoms with Crippen LogP contribution in [0.25, 0.3) is 0 Å². The van der Waals surface area contributed by atoms with E-state index in [1.807, 2.05) is 0 Å². The molecule has 1 aliphatic rings. The minimum absolute atomic E-state index is 0.0335. The summed E-state index contributed by atoms with van der Waals surface area (Å²) in [5.74, 6) is 0.0618. The molecule has 1 atom stereocenters. The molecule has 1 saturated heterocycles. The van der Waals surface area contributed by atoms with Crippen molar-refractivity contribution >= 4 is 25.8 Å². The Morgan fingerprint density at radius 1 is 1.29 bits per heavy atom. The molecule has 1 heterocycles. The van der Waals surface area contributed by atoms with Gasteiger partial charge in [0, 0.05) is 19.5 Å². The van der Waals surface area contributed by atoms with E-state index in [1.54, 1.807) is 19.2 Å². The van der Waals surface area contributed by atoms with Crippen LogP contribution in [0.4, 0.5) is 0 Å². The lowest BCUT2D eigenvalue weighted by atomic mass is 10.1. The Balaban J connectivity index is 1.92. The van der Waals surface area contributed by atoms with Gasteiger partial charge in [-0.2, -0.15) is 0 Å². The average molecular weight is 374 g/mol. The zero-order valence-electron chi connectivity index (χ0n) is 13.7. The molecule has 0 saturated carbocycles. The summed E-state index contributed by atoms with van der Waals surface area (Å²) in [4.78, 5) is 13.9. The molecule has 9 heteroatoms. The van der Waals surface area contributed by atoms with Crippen molar-refractivity contribution < 1.29 is 21.6 Å². The number of hydrogen-bond acceptors (Lipinski definition) is 5. The molecule has 1 aromatic rings. The average Bonchev–Trinajstić information content (AvgIpc) is 2.92. The van der Waals surface area contributed by atoms with Gasteiger partial charge in [0.1, 0.15) is 0 Å². The number of carbonyl (C=O) groups is 1. The smallest absolute Gasteiger partial charge is 0.240 e. The van der Waals surface area contributed by atoms with Crippen molar-refractivity contribution in [2.45, 2.75) is 30.2 Å². The van der Waals surface area contributed by atoms with Crippen LogP contribution in [0, 0.1) is 0 Å². The van der Waals surface area contributed by atoms with E-state index >= 15 is 0 Å². The Morgan fingerprint density at radius 2 is 1.92 bits per heavy atom. The number of aryl methyl sites for hydroxylation is 1. The van der Waals surface area contributed by atoms with E-state index in [9.17, 15) is 21.6 Å². The minimum atomic E-state index is -3.46. The van der Waals surface area contributed by atoms with Crippen molar-refractivity contribution in [3.05, 3.63) is 29.8 Å². The highest BCUT2D eigenvalue weighted by molar-refractivity contribution is 7.91. The van der Waals surface area contributed by atoms with Crippen LogP contribution < -0.4 is 4.72 Å². The molecule has 1 amide bonds. The lowest BCUT2D eigenvalue weighted by molar-refractivity contribution is -0.131. The first-order valence-electron chi connectivity index (χ1n) is 7.63. The van der Waals surface area contributed by atoms with E-state index < -0.39 is 19.9 Å². The normalized spacial score (nSPS) is 20.0. The second-order valence-electron chi connectivity index (χ2n) is 5.91. The molecule has 1 N–H and O–H groups in total. The predicted molar refractivity (Wildman–Crippen MR) is 90.8 cm³/mol. The van der Waals surface area contributed by atoms with Crippen LogP contribution in [0.1, 0.15) is 18.4 Å². The third-order valence-electron chi connectivity index (χ3n) is 4.28. The number of nitrogens with one attached hydrogen (secondary N) is 1. The van der Waals surface area contributed by atoms with Crippen LogP contribution in [0.15, 0.2) is 29.2 Å². The molecular weight excluding hydrogens is 352 g/mol. The second kappa shape index (κ2) is 7.20. The largest absolute Gasteiger partial charge is 0.342 e. The number of benzene rings is 1. The topological polar surface area (TPSA) is 101 Å². The Kier molecular flexibility index (Phi) is 5.67. The summed E-state index contributed by atoms with van der Waals surface area (Å²) in [7, 11) is -3.50. The number of carbonyl (C=O) groups excluding carboxylic acids is 1. The monoisotopic (exact) mass is 374 g/mol. The molecule has 0 aliphatic carbocycles. The van der Waals surface area contributed by atoms with Gasteiger partial charge in [-0.3, -0.25) is 4.79 Å². The van der Waals surface area contributed by atoms with E-state index in [2.05, 4.69) is 4.72 Å². The van der Waals surface area contributed by atoms with Gasteiger partial charge in [0.15, 0.2) is 9.84 Å². The molecule has 0 unspecified atom stereocenters. The molecule has 0 radical (unpaired) electrons. The highest BCUT2D eigenvalue weighted by Crippen LogP contribution is 2.18. The van der Waals surface area contributed by atoms with Crippen LogP contribution in [0.2, 0.25) is 0 Å². The fraction of sp³-hybridized carbons (Fsp3) is 0.533. The second-order valence-corrected chi connectivity index (χ2v) is 10.0. The van der Waals surface area contributed by atoms with Gasteiger partial charge in [-0.25, -0.2) is 21.6 Å². The van der Waals surface area contributed by atoms with Gasteiger partial charge in [0.05, 0.1) is 16.4 Å². The number of rotatable bonds is 6. The van der Waals surface area contributed by atoms with Gasteiger partial charge in [0.2, 0.25) is 15.9 Å². The third kappa shape index (κ3) is 4.55. The predicted octanol–water partition coefficient (Wildman–Crippen LogP) is 0.173. The Hall–Kier alpha value is -1.45. The fourth-order valence-corrected chi connectivity index (χ4v) is 5.17. The maximum Gasteiger partial charge on any atom is 0.240 e. The van der Waals surface area contributed by atoms with Crippen molar-refractivity contribution in [3.63, 3.8) is 0 Å². The van der Waals surface area contributed by atoms with Crippen LogP contribution in [-0.2, 0) is 31.1 Å². The van der Waals surface area contributed by atoms with Crippen LogP contribution >= 0.6 is 0 Å². The first-order valence-corrected chi connectivity index (χ1v) is 10.9. The molecule has 1 fully saturated rings. The van der Waals surface area contributed by atoms with E-state index in [-0.39, 0.29) is 34.8 Å². The van der Waals surface area contributed by atoms with Gasteiger partial charge in [-0.15, -0.1) is 0 Å². The standard InChI is InChI=1S/C15H22N2O5S2/c1-16-24(21,22)14-6-3-12(4-7-14)5-8-15(18)17(2)13-9-10-23(19,20)11-13/h3-4,6-7,13,16H,5,8-11H2,1-2H3/t13-/m0/s1. The molecule has 2 rings (SSSR count). The summed E-state index contributed by atoms with van der Waals surface area (Å²) < 4.78 is 48.5. The highest BCUT2D eigenvalue weighted by Gasteiger charge is 2.32. The van der Waals surface area contributed by atoms with Gasteiger partial charge in [-0.05, 0) is 37.6 Å². The number of nitrogens with zero attached hydrogens (tertiary/aromatic N) is 1. The van der Waals surface area contributed by atoms with E-state index in [0.717, 1.165) is 5.56 Å². The van der Waals surface area contributed by atoms with Crippen LogP contribution in [-0.4, -0.2) is 59.3 Å². The minimum Gasteiger partial charge on any atom is -0.342 e. The summed E-state index contributed by atoms with van der Waals surface area (Å²) in [6.07, 6.45) is 1.22. The zero-order chi connectivity index (χ0) is 18.0. The van der Waals surface area contributed by atoms with Gasteiger partial charge >= 0.3 is 0 Å². The fourth-order valence-electron chi connectivity index (χ4n) is 2.67. The first-order chi connectivity index (χ1) is 11.1. The van der Waals surface area contributed by atoms with Crippen molar-refractivity contribution in [2.75, 3.05) is 25.6 Å². The van der Waals surface area contributed by atoms with E-state index in [0.29, 0.717) is 12.8 Å². The Morgan fingerprint density at radius 3 is 2.42 bits per heavy atom. The zero-order valence-corrected chi connectivity index (χ0v) is 15.4. The van der Waals surface area contributed by atoms with Crippen molar-refractivity contribution in [2.24, 2.45) is 0 Å². The maximum absolute atomic E-state index is 12.2. The van der Waals surface area contributed by atoms with Crippen LogP contribution in [0.3, 0.4) is 0 Å². The summed E-state index contributed by atoms with van der Waals surface area (Å²) in [6.45, 7) is 0. The van der Waals surface area contributed by atoms with Crippen molar-refractivity contribution in [1.82, 2.24) is 9.62 Å². The third-order valence-corrected chi connectivity index (χ3v) is 7.46. The quantitative estimate of drug-likeness (QED) is 0.765. The molecule has 0 bridgehead atoms. The number of sulfone groups is 1. The Labute approximate surface area is 143 Å². The number of sulfonamides is 1. The molecular formula is C15H22N2O5S2. The molecule has 24 heavy (non-hydrogen) atoms. The maximum atomic E-state index is 12.2. The highest BCUT2D eigenvalue weighted by atomic mass is 32.2.